The van der Waals surface area contributed by atoms with Gasteiger partial charge in [-0.2, -0.15) is 13.2 Å². The number of rotatable bonds is 4. The Kier molecular flexibility index (Phi) is 4.58. The van der Waals surface area contributed by atoms with Crippen molar-refractivity contribution < 1.29 is 27.6 Å². The highest BCUT2D eigenvalue weighted by molar-refractivity contribution is 5.88. The van der Waals surface area contributed by atoms with Gasteiger partial charge in [-0.05, 0) is 17.7 Å². The number of nitrogens with zero attached hydrogens (tertiary/aromatic N) is 2. The van der Waals surface area contributed by atoms with Crippen LogP contribution < -0.4 is 0 Å². The number of non-ortho nitro benzene ring substituents is 1. The number of esters is 1. The van der Waals surface area contributed by atoms with Gasteiger partial charge in [-0.3, -0.25) is 15.1 Å². The molecule has 0 aliphatic heterocycles. The number of aromatic nitrogens is 1. The van der Waals surface area contributed by atoms with Gasteiger partial charge in [-0.1, -0.05) is 12.1 Å². The molecule has 0 unspecified atom stereocenters. The maximum absolute atomic E-state index is 12.4. The number of halogens is 3. The molecule has 0 aliphatic rings. The maximum Gasteiger partial charge on any atom is 0.433 e. The van der Waals surface area contributed by atoms with Crippen LogP contribution in [0.25, 0.3) is 0 Å². The third-order valence-corrected chi connectivity index (χ3v) is 2.78. The predicted octanol–water partition coefficient (Wildman–Crippen LogP) is 3.37. The number of ether oxygens (including phenoxy) is 1. The standard InChI is InChI=1S/C14H9F3N2O4/c15-14(16,17)12-5-4-10(7-18-12)13(20)23-8-9-2-1-3-11(6-9)19(21)22/h1-7H,8H2. The molecule has 0 amide bonds. The fourth-order valence-corrected chi connectivity index (χ4v) is 1.67. The van der Waals surface area contributed by atoms with Crippen LogP contribution in [0.3, 0.4) is 0 Å². The molecule has 9 heteroatoms. The van der Waals surface area contributed by atoms with Crippen molar-refractivity contribution in [3.05, 3.63) is 69.5 Å². The van der Waals surface area contributed by atoms with Crippen molar-refractivity contribution >= 4 is 11.7 Å². The van der Waals surface area contributed by atoms with Gasteiger partial charge in [0, 0.05) is 18.3 Å². The van der Waals surface area contributed by atoms with Gasteiger partial charge >= 0.3 is 12.1 Å². The predicted molar refractivity (Wildman–Crippen MR) is 71.5 cm³/mol. The SMILES string of the molecule is O=C(OCc1cccc([N+](=O)[O-])c1)c1ccc(C(F)(F)F)nc1. The quantitative estimate of drug-likeness (QED) is 0.489. The van der Waals surface area contributed by atoms with Crippen LogP contribution in [0, 0.1) is 10.1 Å². The van der Waals surface area contributed by atoms with Crippen molar-refractivity contribution in [1.82, 2.24) is 4.98 Å². The highest BCUT2D eigenvalue weighted by Crippen LogP contribution is 2.27. The van der Waals surface area contributed by atoms with Crippen molar-refractivity contribution in [3.8, 4) is 0 Å². The van der Waals surface area contributed by atoms with Crippen LogP contribution in [0.2, 0.25) is 0 Å². The molecule has 2 rings (SSSR count). The number of hydrogen-bond donors (Lipinski definition) is 0. The number of hydrogen-bond acceptors (Lipinski definition) is 5. The van der Waals surface area contributed by atoms with Crippen LogP contribution in [0.5, 0.6) is 0 Å². The molecule has 1 heterocycles. The lowest BCUT2D eigenvalue weighted by molar-refractivity contribution is -0.384. The van der Waals surface area contributed by atoms with E-state index >= 15 is 0 Å². The number of carbonyl (C=O) groups is 1. The van der Waals surface area contributed by atoms with Crippen molar-refractivity contribution in [2.75, 3.05) is 0 Å². The molecule has 0 fully saturated rings. The largest absolute Gasteiger partial charge is 0.457 e. The lowest BCUT2D eigenvalue weighted by atomic mass is 10.2. The molecule has 6 nitrogen and oxygen atoms in total. The van der Waals surface area contributed by atoms with Gasteiger partial charge in [-0.15, -0.1) is 0 Å². The Balaban J connectivity index is 2.02. The second-order valence-corrected chi connectivity index (χ2v) is 4.43. The van der Waals surface area contributed by atoms with Crippen molar-refractivity contribution in [2.45, 2.75) is 12.8 Å². The van der Waals surface area contributed by atoms with Gasteiger partial charge in [0.1, 0.15) is 12.3 Å². The van der Waals surface area contributed by atoms with Crippen LogP contribution in [-0.4, -0.2) is 15.9 Å². The average Bonchev–Trinajstić information content (AvgIpc) is 2.52. The summed E-state index contributed by atoms with van der Waals surface area (Å²) in [4.78, 5) is 24.9. The second-order valence-electron chi connectivity index (χ2n) is 4.43. The zero-order valence-corrected chi connectivity index (χ0v) is 11.4. The first kappa shape index (κ1) is 16.4. The summed E-state index contributed by atoms with van der Waals surface area (Å²) in [6.07, 6.45) is -3.83. The van der Waals surface area contributed by atoms with E-state index in [1.165, 1.54) is 24.3 Å². The minimum atomic E-state index is -4.59. The Morgan fingerprint density at radius 3 is 2.57 bits per heavy atom. The second kappa shape index (κ2) is 6.42. The molecule has 0 spiro atoms. The summed E-state index contributed by atoms with van der Waals surface area (Å²) >= 11 is 0. The third-order valence-electron chi connectivity index (χ3n) is 2.78. The van der Waals surface area contributed by atoms with Gasteiger partial charge in [0.15, 0.2) is 0 Å². The van der Waals surface area contributed by atoms with Crippen molar-refractivity contribution in [1.29, 1.82) is 0 Å². The number of pyridine rings is 1. The first-order chi connectivity index (χ1) is 10.8. The summed E-state index contributed by atoms with van der Waals surface area (Å²) in [6.45, 7) is -0.248. The lowest BCUT2D eigenvalue weighted by Gasteiger charge is -2.07. The number of carbonyl (C=O) groups excluding carboxylic acids is 1. The Morgan fingerprint density at radius 2 is 2.00 bits per heavy atom. The Morgan fingerprint density at radius 1 is 1.26 bits per heavy atom. The molecule has 2 aromatic rings. The average molecular weight is 326 g/mol. The molecule has 0 atom stereocenters. The normalized spacial score (nSPS) is 11.1. The van der Waals surface area contributed by atoms with E-state index in [1.807, 2.05) is 0 Å². The number of nitro benzene ring substituents is 1. The molecule has 0 N–H and O–H groups in total. The van der Waals surface area contributed by atoms with E-state index in [1.54, 1.807) is 0 Å². The summed E-state index contributed by atoms with van der Waals surface area (Å²) in [6, 6.07) is 7.09. The van der Waals surface area contributed by atoms with Gasteiger partial charge in [0.25, 0.3) is 5.69 Å². The third kappa shape index (κ3) is 4.25. The molecular weight excluding hydrogens is 317 g/mol. The topological polar surface area (TPSA) is 82.3 Å². The van der Waals surface area contributed by atoms with E-state index in [0.717, 1.165) is 12.3 Å². The molecule has 1 aromatic carbocycles. The molecule has 120 valence electrons. The van der Waals surface area contributed by atoms with Gasteiger partial charge in [-0.25, -0.2) is 4.79 Å². The van der Waals surface area contributed by atoms with Gasteiger partial charge in [0.05, 0.1) is 10.5 Å². The summed E-state index contributed by atoms with van der Waals surface area (Å²) in [5.74, 6) is -0.877. The zero-order valence-electron chi connectivity index (χ0n) is 11.4. The van der Waals surface area contributed by atoms with E-state index in [-0.39, 0.29) is 17.9 Å². The van der Waals surface area contributed by atoms with Gasteiger partial charge < -0.3 is 4.74 Å². The molecular formula is C14H9F3N2O4. The van der Waals surface area contributed by atoms with E-state index in [2.05, 4.69) is 4.98 Å². The van der Waals surface area contributed by atoms with E-state index in [9.17, 15) is 28.1 Å². The molecule has 0 saturated heterocycles. The maximum atomic E-state index is 12.4. The first-order valence-corrected chi connectivity index (χ1v) is 6.21. The summed E-state index contributed by atoms with van der Waals surface area (Å²) in [5, 5.41) is 10.6. The van der Waals surface area contributed by atoms with Crippen LogP contribution >= 0.6 is 0 Å². The first-order valence-electron chi connectivity index (χ1n) is 6.21. The fraction of sp³-hybridized carbons (Fsp3) is 0.143. The molecule has 0 radical (unpaired) electrons. The van der Waals surface area contributed by atoms with Crippen LogP contribution in [-0.2, 0) is 17.5 Å². The number of benzene rings is 1. The number of alkyl halides is 3. The smallest absolute Gasteiger partial charge is 0.433 e. The summed E-state index contributed by atoms with van der Waals surface area (Å²) < 4.78 is 42.0. The van der Waals surface area contributed by atoms with E-state index in [0.29, 0.717) is 11.6 Å². The monoisotopic (exact) mass is 326 g/mol. The Bertz CT molecular complexity index is 730. The molecule has 23 heavy (non-hydrogen) atoms. The minimum Gasteiger partial charge on any atom is -0.457 e. The zero-order chi connectivity index (χ0) is 17.0. The van der Waals surface area contributed by atoms with Crippen molar-refractivity contribution in [3.63, 3.8) is 0 Å². The van der Waals surface area contributed by atoms with Crippen molar-refractivity contribution in [2.24, 2.45) is 0 Å². The van der Waals surface area contributed by atoms with E-state index in [4.69, 9.17) is 4.74 Å². The fourth-order valence-electron chi connectivity index (χ4n) is 1.67. The highest BCUT2D eigenvalue weighted by Gasteiger charge is 2.32. The van der Waals surface area contributed by atoms with E-state index < -0.39 is 22.8 Å². The van der Waals surface area contributed by atoms with Crippen LogP contribution in [0.4, 0.5) is 18.9 Å². The van der Waals surface area contributed by atoms with Crippen LogP contribution in [0.15, 0.2) is 42.6 Å². The Hall–Kier alpha value is -2.97. The Labute approximate surface area is 127 Å². The lowest BCUT2D eigenvalue weighted by Crippen LogP contribution is -2.10. The van der Waals surface area contributed by atoms with Crippen LogP contribution in [0.1, 0.15) is 21.6 Å². The highest BCUT2D eigenvalue weighted by atomic mass is 19.4. The molecule has 1 aromatic heterocycles. The molecule has 0 aliphatic carbocycles. The van der Waals surface area contributed by atoms with Gasteiger partial charge in [0.2, 0.25) is 0 Å². The minimum absolute atomic E-state index is 0.150. The number of nitro groups is 1. The molecule has 0 saturated carbocycles. The molecule has 0 bridgehead atoms. The summed E-state index contributed by atoms with van der Waals surface area (Å²) in [5.41, 5.74) is -1.04. The summed E-state index contributed by atoms with van der Waals surface area (Å²) in [7, 11) is 0.